The number of carbonyl (C=O) groups is 1. The van der Waals surface area contributed by atoms with Gasteiger partial charge < -0.3 is 11.1 Å². The molecule has 0 saturated carbocycles. The number of rotatable bonds is 2. The van der Waals surface area contributed by atoms with Crippen LogP contribution in [0.4, 0.5) is 20.2 Å². The Morgan fingerprint density at radius 1 is 1.11 bits per heavy atom. The predicted molar refractivity (Wildman–Crippen MR) is 69.9 cm³/mol. The lowest BCUT2D eigenvalue weighted by molar-refractivity contribution is 0.102. The molecule has 0 aliphatic carbocycles. The van der Waals surface area contributed by atoms with E-state index in [4.69, 9.17) is 5.73 Å². The SMILES string of the molecule is Cc1ccc(N)cc1C(=O)Nc1cc(F)cc(F)c1. The fraction of sp³-hybridized carbons (Fsp3) is 0.0714. The number of aryl methyl sites for hydroxylation is 1. The monoisotopic (exact) mass is 262 g/mol. The van der Waals surface area contributed by atoms with E-state index in [1.807, 2.05) is 0 Å². The average molecular weight is 262 g/mol. The van der Waals surface area contributed by atoms with Gasteiger partial charge in [-0.05, 0) is 36.8 Å². The summed E-state index contributed by atoms with van der Waals surface area (Å²) in [6, 6.07) is 7.72. The van der Waals surface area contributed by atoms with Crippen LogP contribution in [-0.2, 0) is 0 Å². The van der Waals surface area contributed by atoms with Crippen LogP contribution in [0.25, 0.3) is 0 Å². The number of nitrogens with two attached hydrogens (primary N) is 1. The average Bonchev–Trinajstić information content (AvgIpc) is 2.30. The first-order chi connectivity index (χ1) is 8.95. The molecule has 0 aliphatic rings. The number of hydrogen-bond acceptors (Lipinski definition) is 2. The molecule has 1 amide bonds. The summed E-state index contributed by atoms with van der Waals surface area (Å²) in [6.07, 6.45) is 0. The second kappa shape index (κ2) is 5.06. The van der Waals surface area contributed by atoms with Crippen LogP contribution in [0.3, 0.4) is 0 Å². The lowest BCUT2D eigenvalue weighted by atomic mass is 10.1. The quantitative estimate of drug-likeness (QED) is 0.817. The summed E-state index contributed by atoms with van der Waals surface area (Å²) >= 11 is 0. The van der Waals surface area contributed by atoms with Crippen molar-refractivity contribution < 1.29 is 13.6 Å². The number of amides is 1. The lowest BCUT2D eigenvalue weighted by Gasteiger charge is -2.08. The molecule has 0 atom stereocenters. The van der Waals surface area contributed by atoms with E-state index in [0.717, 1.165) is 23.8 Å². The predicted octanol–water partition coefficient (Wildman–Crippen LogP) is 3.11. The van der Waals surface area contributed by atoms with Crippen LogP contribution >= 0.6 is 0 Å². The van der Waals surface area contributed by atoms with Crippen molar-refractivity contribution in [1.82, 2.24) is 0 Å². The molecule has 2 rings (SSSR count). The normalized spacial score (nSPS) is 10.3. The second-order valence-corrected chi connectivity index (χ2v) is 4.19. The molecular formula is C14H12F2N2O. The molecule has 2 aromatic rings. The van der Waals surface area contributed by atoms with Crippen molar-refractivity contribution in [2.75, 3.05) is 11.1 Å². The van der Waals surface area contributed by atoms with Crippen LogP contribution in [0, 0.1) is 18.6 Å². The maximum atomic E-state index is 13.0. The third kappa shape index (κ3) is 3.07. The molecule has 98 valence electrons. The van der Waals surface area contributed by atoms with Gasteiger partial charge in [-0.1, -0.05) is 6.07 Å². The highest BCUT2D eigenvalue weighted by Gasteiger charge is 2.11. The van der Waals surface area contributed by atoms with E-state index < -0.39 is 17.5 Å². The van der Waals surface area contributed by atoms with E-state index in [9.17, 15) is 13.6 Å². The molecule has 0 aromatic heterocycles. The van der Waals surface area contributed by atoms with Crippen LogP contribution < -0.4 is 11.1 Å². The van der Waals surface area contributed by atoms with Gasteiger partial charge in [0, 0.05) is 23.0 Å². The minimum atomic E-state index is -0.750. The molecule has 3 nitrogen and oxygen atoms in total. The highest BCUT2D eigenvalue weighted by Crippen LogP contribution is 2.17. The zero-order chi connectivity index (χ0) is 14.0. The summed E-state index contributed by atoms with van der Waals surface area (Å²) < 4.78 is 26.0. The second-order valence-electron chi connectivity index (χ2n) is 4.19. The minimum absolute atomic E-state index is 0.0596. The molecule has 0 unspecified atom stereocenters. The van der Waals surface area contributed by atoms with Crippen LogP contribution in [0.1, 0.15) is 15.9 Å². The maximum Gasteiger partial charge on any atom is 0.256 e. The summed E-state index contributed by atoms with van der Waals surface area (Å²) in [4.78, 5) is 12.0. The van der Waals surface area contributed by atoms with Gasteiger partial charge in [0.1, 0.15) is 11.6 Å². The van der Waals surface area contributed by atoms with Crippen molar-refractivity contribution in [2.45, 2.75) is 6.92 Å². The van der Waals surface area contributed by atoms with E-state index in [2.05, 4.69) is 5.32 Å². The molecule has 0 spiro atoms. The standard InChI is InChI=1S/C14H12F2N2O/c1-8-2-3-11(17)7-13(8)14(19)18-12-5-9(15)4-10(16)6-12/h2-7H,17H2,1H3,(H,18,19). The van der Waals surface area contributed by atoms with E-state index in [0.29, 0.717) is 11.3 Å². The van der Waals surface area contributed by atoms with E-state index in [1.54, 1.807) is 19.1 Å². The van der Waals surface area contributed by atoms with Crippen molar-refractivity contribution in [3.63, 3.8) is 0 Å². The first-order valence-corrected chi connectivity index (χ1v) is 5.59. The number of halogens is 2. The number of nitrogen functional groups attached to an aromatic ring is 1. The first-order valence-electron chi connectivity index (χ1n) is 5.59. The highest BCUT2D eigenvalue weighted by molar-refractivity contribution is 6.05. The Kier molecular flexibility index (Phi) is 3.46. The van der Waals surface area contributed by atoms with Crippen molar-refractivity contribution in [1.29, 1.82) is 0 Å². The van der Waals surface area contributed by atoms with E-state index in [-0.39, 0.29) is 5.69 Å². The largest absolute Gasteiger partial charge is 0.399 e. The number of carbonyl (C=O) groups excluding carboxylic acids is 1. The molecule has 3 N–H and O–H groups in total. The van der Waals surface area contributed by atoms with Gasteiger partial charge in [0.25, 0.3) is 5.91 Å². The Labute approximate surface area is 109 Å². The molecule has 0 bridgehead atoms. The molecule has 0 heterocycles. The van der Waals surface area contributed by atoms with Crippen molar-refractivity contribution in [3.05, 3.63) is 59.2 Å². The number of benzene rings is 2. The Bertz CT molecular complexity index is 621. The van der Waals surface area contributed by atoms with Crippen molar-refractivity contribution in [3.8, 4) is 0 Å². The van der Waals surface area contributed by atoms with Gasteiger partial charge in [-0.3, -0.25) is 4.79 Å². The summed E-state index contributed by atoms with van der Waals surface area (Å²) in [5.41, 5.74) is 7.20. The Balaban J connectivity index is 2.28. The molecule has 19 heavy (non-hydrogen) atoms. The van der Waals surface area contributed by atoms with Gasteiger partial charge >= 0.3 is 0 Å². The van der Waals surface area contributed by atoms with Gasteiger partial charge in [0.15, 0.2) is 0 Å². The molecule has 0 aliphatic heterocycles. The zero-order valence-electron chi connectivity index (χ0n) is 10.2. The van der Waals surface area contributed by atoms with Crippen molar-refractivity contribution >= 4 is 17.3 Å². The molecule has 0 fully saturated rings. The van der Waals surface area contributed by atoms with Gasteiger partial charge in [0.2, 0.25) is 0 Å². The third-order valence-electron chi connectivity index (χ3n) is 2.63. The molecule has 2 aromatic carbocycles. The topological polar surface area (TPSA) is 55.1 Å². The van der Waals surface area contributed by atoms with Crippen LogP contribution in [0.15, 0.2) is 36.4 Å². The number of hydrogen-bond donors (Lipinski definition) is 2. The van der Waals surface area contributed by atoms with Crippen LogP contribution in [-0.4, -0.2) is 5.91 Å². The van der Waals surface area contributed by atoms with Crippen LogP contribution in [0.5, 0.6) is 0 Å². The fourth-order valence-electron chi connectivity index (χ4n) is 1.71. The first kappa shape index (κ1) is 13.0. The summed E-state index contributed by atoms with van der Waals surface area (Å²) in [7, 11) is 0. The molecule has 5 heteroatoms. The fourth-order valence-corrected chi connectivity index (χ4v) is 1.71. The lowest BCUT2D eigenvalue weighted by Crippen LogP contribution is -2.14. The minimum Gasteiger partial charge on any atom is -0.399 e. The summed E-state index contributed by atoms with van der Waals surface area (Å²) in [5.74, 6) is -1.96. The maximum absolute atomic E-state index is 13.0. The number of anilines is 2. The van der Waals surface area contributed by atoms with Gasteiger partial charge in [-0.2, -0.15) is 0 Å². The Morgan fingerprint density at radius 2 is 1.74 bits per heavy atom. The Morgan fingerprint density at radius 3 is 2.37 bits per heavy atom. The summed E-state index contributed by atoms with van der Waals surface area (Å²) in [6.45, 7) is 1.75. The number of nitrogens with one attached hydrogen (secondary N) is 1. The molecular weight excluding hydrogens is 250 g/mol. The highest BCUT2D eigenvalue weighted by atomic mass is 19.1. The van der Waals surface area contributed by atoms with Crippen LogP contribution in [0.2, 0.25) is 0 Å². The van der Waals surface area contributed by atoms with Gasteiger partial charge in [-0.15, -0.1) is 0 Å². The molecule has 0 saturated heterocycles. The van der Waals surface area contributed by atoms with E-state index >= 15 is 0 Å². The third-order valence-corrected chi connectivity index (χ3v) is 2.63. The van der Waals surface area contributed by atoms with Gasteiger partial charge in [0.05, 0.1) is 0 Å². The van der Waals surface area contributed by atoms with Gasteiger partial charge in [-0.25, -0.2) is 8.78 Å². The molecule has 0 radical (unpaired) electrons. The Hall–Kier alpha value is -2.43. The zero-order valence-corrected chi connectivity index (χ0v) is 10.2. The van der Waals surface area contributed by atoms with Crippen molar-refractivity contribution in [2.24, 2.45) is 0 Å². The van der Waals surface area contributed by atoms with E-state index in [1.165, 1.54) is 6.07 Å². The smallest absolute Gasteiger partial charge is 0.256 e. The summed E-state index contributed by atoms with van der Waals surface area (Å²) in [5, 5.41) is 2.43.